The highest BCUT2D eigenvalue weighted by molar-refractivity contribution is 5.31. The second-order valence-corrected chi connectivity index (χ2v) is 3.84. The fourth-order valence-electron chi connectivity index (χ4n) is 1.94. The van der Waals surface area contributed by atoms with Crippen molar-refractivity contribution in [3.05, 3.63) is 59.7 Å². The number of rotatable bonds is 2. The maximum atomic E-state index is 2.29. The molecule has 0 saturated heterocycles. The summed E-state index contributed by atoms with van der Waals surface area (Å²) in [6.07, 6.45) is 9.09. The summed E-state index contributed by atoms with van der Waals surface area (Å²) >= 11 is 0. The molecule has 0 aromatic heterocycles. The van der Waals surface area contributed by atoms with Gasteiger partial charge in [-0.25, -0.2) is 0 Å². The third kappa shape index (κ3) is 3.37. The first-order valence-corrected chi connectivity index (χ1v) is 6.28. The first-order chi connectivity index (χ1) is 7.88. The Morgan fingerprint density at radius 1 is 1.06 bits per heavy atom. The summed E-state index contributed by atoms with van der Waals surface area (Å²) in [4.78, 5) is 0. The SMILES string of the molecule is CC.CC(C1=CC=CCC1)c1ccccc1. The molecular weight excluding hydrogens is 192 g/mol. The van der Waals surface area contributed by atoms with E-state index in [0.29, 0.717) is 5.92 Å². The average molecular weight is 214 g/mol. The van der Waals surface area contributed by atoms with Crippen molar-refractivity contribution in [3.63, 3.8) is 0 Å². The predicted octanol–water partition coefficient (Wildman–Crippen LogP) is 5.09. The minimum atomic E-state index is 0.571. The molecule has 0 heterocycles. The Kier molecular flexibility index (Phi) is 5.63. The molecule has 2 rings (SSSR count). The van der Waals surface area contributed by atoms with E-state index in [-0.39, 0.29) is 0 Å². The van der Waals surface area contributed by atoms with Crippen molar-refractivity contribution in [2.45, 2.75) is 39.5 Å². The lowest BCUT2D eigenvalue weighted by Crippen LogP contribution is -1.99. The summed E-state index contributed by atoms with van der Waals surface area (Å²) in [5.41, 5.74) is 2.98. The average Bonchev–Trinajstić information content (AvgIpc) is 2.42. The van der Waals surface area contributed by atoms with E-state index in [4.69, 9.17) is 0 Å². The Bertz CT molecular complexity index is 344. The molecule has 0 bridgehead atoms. The van der Waals surface area contributed by atoms with Gasteiger partial charge >= 0.3 is 0 Å². The third-order valence-corrected chi connectivity index (χ3v) is 2.90. The zero-order valence-electron chi connectivity index (χ0n) is 10.6. The van der Waals surface area contributed by atoms with Gasteiger partial charge in [-0.3, -0.25) is 0 Å². The topological polar surface area (TPSA) is 0 Å². The molecule has 0 spiro atoms. The van der Waals surface area contributed by atoms with E-state index < -0.39 is 0 Å². The summed E-state index contributed by atoms with van der Waals surface area (Å²) < 4.78 is 0. The quantitative estimate of drug-likeness (QED) is 0.643. The number of benzene rings is 1. The fourth-order valence-corrected chi connectivity index (χ4v) is 1.94. The molecule has 1 atom stereocenters. The predicted molar refractivity (Wildman–Crippen MR) is 72.7 cm³/mol. The van der Waals surface area contributed by atoms with Crippen LogP contribution in [-0.4, -0.2) is 0 Å². The molecule has 0 aliphatic heterocycles. The van der Waals surface area contributed by atoms with Crippen molar-refractivity contribution in [2.24, 2.45) is 0 Å². The molecule has 0 heteroatoms. The minimum Gasteiger partial charge on any atom is -0.0842 e. The van der Waals surface area contributed by atoms with Gasteiger partial charge in [0, 0.05) is 5.92 Å². The highest BCUT2D eigenvalue weighted by atomic mass is 14.2. The van der Waals surface area contributed by atoms with E-state index >= 15 is 0 Å². The second kappa shape index (κ2) is 7.05. The van der Waals surface area contributed by atoms with Crippen molar-refractivity contribution in [3.8, 4) is 0 Å². The van der Waals surface area contributed by atoms with E-state index in [9.17, 15) is 0 Å². The van der Waals surface area contributed by atoms with Gasteiger partial charge < -0.3 is 0 Å². The molecule has 1 unspecified atom stereocenters. The van der Waals surface area contributed by atoms with Gasteiger partial charge in [-0.15, -0.1) is 0 Å². The summed E-state index contributed by atoms with van der Waals surface area (Å²) in [5, 5.41) is 0. The largest absolute Gasteiger partial charge is 0.0842 e. The Labute approximate surface area is 99.7 Å². The lowest BCUT2D eigenvalue weighted by Gasteiger charge is -2.17. The molecule has 86 valence electrons. The first kappa shape index (κ1) is 12.8. The number of hydrogen-bond acceptors (Lipinski definition) is 0. The normalized spacial score (nSPS) is 15.8. The zero-order valence-corrected chi connectivity index (χ0v) is 10.6. The molecule has 1 aliphatic rings. The van der Waals surface area contributed by atoms with Crippen LogP contribution in [0, 0.1) is 0 Å². The molecule has 16 heavy (non-hydrogen) atoms. The molecular formula is C16H22. The summed E-state index contributed by atoms with van der Waals surface area (Å²) in [6.45, 7) is 6.29. The van der Waals surface area contributed by atoms with Gasteiger partial charge in [-0.05, 0) is 18.4 Å². The lowest BCUT2D eigenvalue weighted by atomic mass is 9.88. The maximum absolute atomic E-state index is 2.29. The molecule has 0 saturated carbocycles. The van der Waals surface area contributed by atoms with Crippen LogP contribution in [0.5, 0.6) is 0 Å². The van der Waals surface area contributed by atoms with Crippen molar-refractivity contribution >= 4 is 0 Å². The van der Waals surface area contributed by atoms with Crippen molar-refractivity contribution in [2.75, 3.05) is 0 Å². The molecule has 0 N–H and O–H groups in total. The Morgan fingerprint density at radius 2 is 1.75 bits per heavy atom. The summed E-state index contributed by atoms with van der Waals surface area (Å²) in [5.74, 6) is 0.571. The van der Waals surface area contributed by atoms with E-state index in [1.54, 1.807) is 5.57 Å². The lowest BCUT2D eigenvalue weighted by molar-refractivity contribution is 0.799. The molecule has 1 aromatic rings. The fraction of sp³-hybridized carbons (Fsp3) is 0.375. The first-order valence-electron chi connectivity index (χ1n) is 6.28. The summed E-state index contributed by atoms with van der Waals surface area (Å²) in [7, 11) is 0. The monoisotopic (exact) mass is 214 g/mol. The van der Waals surface area contributed by atoms with E-state index in [1.807, 2.05) is 13.8 Å². The highest BCUT2D eigenvalue weighted by Gasteiger charge is 2.10. The van der Waals surface area contributed by atoms with E-state index in [2.05, 4.69) is 55.5 Å². The Morgan fingerprint density at radius 3 is 2.31 bits per heavy atom. The smallest absolute Gasteiger partial charge is 0.00230 e. The van der Waals surface area contributed by atoms with Crippen molar-refractivity contribution in [1.82, 2.24) is 0 Å². The van der Waals surface area contributed by atoms with Crippen LogP contribution >= 0.6 is 0 Å². The van der Waals surface area contributed by atoms with Gasteiger partial charge in [-0.2, -0.15) is 0 Å². The van der Waals surface area contributed by atoms with Gasteiger partial charge in [0.25, 0.3) is 0 Å². The number of hydrogen-bond donors (Lipinski definition) is 0. The Hall–Kier alpha value is -1.30. The summed E-state index contributed by atoms with van der Waals surface area (Å²) in [6, 6.07) is 10.7. The van der Waals surface area contributed by atoms with Crippen LogP contribution in [0.4, 0.5) is 0 Å². The third-order valence-electron chi connectivity index (χ3n) is 2.90. The van der Waals surface area contributed by atoms with Crippen LogP contribution in [0.3, 0.4) is 0 Å². The Balaban J connectivity index is 0.000000606. The number of allylic oxidation sites excluding steroid dienone is 4. The molecule has 0 fully saturated rings. The molecule has 0 nitrogen and oxygen atoms in total. The van der Waals surface area contributed by atoms with E-state index in [1.165, 1.54) is 18.4 Å². The van der Waals surface area contributed by atoms with Crippen LogP contribution in [-0.2, 0) is 0 Å². The second-order valence-electron chi connectivity index (χ2n) is 3.84. The molecule has 1 aliphatic carbocycles. The molecule has 0 radical (unpaired) electrons. The van der Waals surface area contributed by atoms with Crippen LogP contribution < -0.4 is 0 Å². The maximum Gasteiger partial charge on any atom is 0.00230 e. The van der Waals surface area contributed by atoms with Gasteiger partial charge in [0.2, 0.25) is 0 Å². The zero-order chi connectivity index (χ0) is 11.8. The van der Waals surface area contributed by atoms with Crippen molar-refractivity contribution in [1.29, 1.82) is 0 Å². The van der Waals surface area contributed by atoms with Gasteiger partial charge in [0.05, 0.1) is 0 Å². The standard InChI is InChI=1S/C14H16.C2H6/c1-12(13-8-4-2-5-9-13)14-10-6-3-7-11-14;1-2/h2-6,8-10,12H,7,11H2,1H3;1-2H3. The van der Waals surface area contributed by atoms with Crippen LogP contribution in [0.2, 0.25) is 0 Å². The van der Waals surface area contributed by atoms with Crippen molar-refractivity contribution < 1.29 is 0 Å². The minimum absolute atomic E-state index is 0.571. The van der Waals surface area contributed by atoms with Crippen LogP contribution in [0.25, 0.3) is 0 Å². The highest BCUT2D eigenvalue weighted by Crippen LogP contribution is 2.28. The molecule has 0 amide bonds. The van der Waals surface area contributed by atoms with E-state index in [0.717, 1.165) is 0 Å². The van der Waals surface area contributed by atoms with Gasteiger partial charge in [0.15, 0.2) is 0 Å². The van der Waals surface area contributed by atoms with Gasteiger partial charge in [-0.1, -0.05) is 74.9 Å². The van der Waals surface area contributed by atoms with Gasteiger partial charge in [0.1, 0.15) is 0 Å². The molecule has 1 aromatic carbocycles. The van der Waals surface area contributed by atoms with Crippen LogP contribution in [0.1, 0.15) is 45.1 Å². The van der Waals surface area contributed by atoms with Crippen LogP contribution in [0.15, 0.2) is 54.1 Å².